The standard InChI is InChI=1S/C36H45ClF3NO5/c1-5-24(14-15-28(37)6-2)32(23-45-29-16-18-30(19-17-29)46-36(38,39)40)31(9-7-8-27-22-35(27,3)4)25-10-12-26(13-11-25)34(44)41-21-20-33(42)43/h5,10-19,27-28,31-32H,6-9,20-23H2,1-4H3,(H,41,44)(H,42,43). The number of allylic oxidation sites excluding steroid dienone is 3. The van der Waals surface area contributed by atoms with Crippen LogP contribution in [0.25, 0.3) is 0 Å². The number of amides is 1. The third-order valence-corrected chi connectivity index (χ3v) is 9.09. The summed E-state index contributed by atoms with van der Waals surface area (Å²) < 4.78 is 48.2. The van der Waals surface area contributed by atoms with E-state index in [2.05, 4.69) is 23.9 Å². The molecule has 0 bridgehead atoms. The van der Waals surface area contributed by atoms with Crippen molar-refractivity contribution in [1.82, 2.24) is 5.32 Å². The van der Waals surface area contributed by atoms with E-state index in [4.69, 9.17) is 21.4 Å². The molecule has 0 spiro atoms. The molecule has 1 fully saturated rings. The summed E-state index contributed by atoms with van der Waals surface area (Å²) in [4.78, 5) is 23.5. The first-order chi connectivity index (χ1) is 21.7. The smallest absolute Gasteiger partial charge is 0.493 e. The van der Waals surface area contributed by atoms with Crippen molar-refractivity contribution in [2.45, 2.75) is 83.9 Å². The minimum absolute atomic E-state index is 0.00919. The fourth-order valence-corrected chi connectivity index (χ4v) is 5.75. The summed E-state index contributed by atoms with van der Waals surface area (Å²) in [6, 6.07) is 12.7. The van der Waals surface area contributed by atoms with Gasteiger partial charge >= 0.3 is 12.3 Å². The van der Waals surface area contributed by atoms with Crippen molar-refractivity contribution in [2.75, 3.05) is 13.2 Å². The quantitative estimate of drug-likeness (QED) is 0.123. The van der Waals surface area contributed by atoms with Crippen molar-refractivity contribution in [3.63, 3.8) is 0 Å². The fraction of sp³-hybridized carbons (Fsp3) is 0.500. The molecule has 2 aromatic rings. The number of carbonyl (C=O) groups is 2. The number of rotatable bonds is 18. The highest BCUT2D eigenvalue weighted by molar-refractivity contribution is 6.21. The molecule has 3 rings (SSSR count). The summed E-state index contributed by atoms with van der Waals surface area (Å²) >= 11 is 6.45. The van der Waals surface area contributed by atoms with E-state index in [-0.39, 0.29) is 48.4 Å². The van der Waals surface area contributed by atoms with Crippen molar-refractivity contribution < 1.29 is 37.3 Å². The van der Waals surface area contributed by atoms with Gasteiger partial charge in [-0.2, -0.15) is 0 Å². The Kier molecular flexibility index (Phi) is 13.6. The van der Waals surface area contributed by atoms with Crippen LogP contribution in [-0.2, 0) is 4.79 Å². The normalized spacial score (nSPS) is 18.1. The summed E-state index contributed by atoms with van der Waals surface area (Å²) in [6.07, 6.45) is 5.99. The van der Waals surface area contributed by atoms with E-state index >= 15 is 0 Å². The molecule has 0 saturated heterocycles. The van der Waals surface area contributed by atoms with Crippen LogP contribution in [0.1, 0.15) is 88.1 Å². The van der Waals surface area contributed by atoms with Gasteiger partial charge in [0.2, 0.25) is 0 Å². The second-order valence-electron chi connectivity index (χ2n) is 12.5. The highest BCUT2D eigenvalue weighted by Gasteiger charge is 2.44. The van der Waals surface area contributed by atoms with Gasteiger partial charge in [-0.1, -0.05) is 57.6 Å². The molecule has 10 heteroatoms. The maximum Gasteiger partial charge on any atom is 0.573 e. The highest BCUT2D eigenvalue weighted by Crippen LogP contribution is 2.54. The minimum Gasteiger partial charge on any atom is -0.493 e. The zero-order valence-electron chi connectivity index (χ0n) is 26.9. The summed E-state index contributed by atoms with van der Waals surface area (Å²) in [5.74, 6) is -0.715. The Labute approximate surface area is 275 Å². The number of ether oxygens (including phenoxy) is 2. The predicted molar refractivity (Wildman–Crippen MR) is 174 cm³/mol. The van der Waals surface area contributed by atoms with E-state index in [1.54, 1.807) is 12.1 Å². The number of halogens is 4. The van der Waals surface area contributed by atoms with Gasteiger partial charge in [-0.15, -0.1) is 24.8 Å². The lowest BCUT2D eigenvalue weighted by Gasteiger charge is -2.30. The molecular formula is C36H45ClF3NO5. The molecule has 4 atom stereocenters. The Bertz CT molecular complexity index is 1340. The first kappa shape index (κ1) is 37.0. The van der Waals surface area contributed by atoms with E-state index < -0.39 is 12.3 Å². The van der Waals surface area contributed by atoms with Gasteiger partial charge < -0.3 is 19.9 Å². The Hall–Kier alpha value is -3.46. The number of carbonyl (C=O) groups excluding carboxylic acids is 1. The average Bonchev–Trinajstić information content (AvgIpc) is 3.62. The number of carboxylic acid groups (broad SMARTS) is 1. The van der Waals surface area contributed by atoms with Gasteiger partial charge in [0.25, 0.3) is 5.91 Å². The molecule has 1 aliphatic carbocycles. The van der Waals surface area contributed by atoms with E-state index in [0.29, 0.717) is 22.6 Å². The van der Waals surface area contributed by atoms with Crippen LogP contribution in [0.5, 0.6) is 11.5 Å². The molecule has 2 N–H and O–H groups in total. The molecule has 1 saturated carbocycles. The van der Waals surface area contributed by atoms with E-state index in [9.17, 15) is 22.8 Å². The Morgan fingerprint density at radius 1 is 1.11 bits per heavy atom. The largest absolute Gasteiger partial charge is 0.573 e. The molecule has 1 amide bonds. The molecule has 0 radical (unpaired) electrons. The number of aliphatic carboxylic acids is 1. The van der Waals surface area contributed by atoms with Crippen LogP contribution in [0.15, 0.2) is 72.3 Å². The van der Waals surface area contributed by atoms with Gasteiger partial charge in [-0.05, 0) is 97.4 Å². The summed E-state index contributed by atoms with van der Waals surface area (Å²) in [7, 11) is 0. The molecule has 2 aromatic carbocycles. The van der Waals surface area contributed by atoms with Gasteiger partial charge in [0, 0.05) is 18.0 Å². The van der Waals surface area contributed by atoms with E-state index in [0.717, 1.165) is 36.8 Å². The van der Waals surface area contributed by atoms with Gasteiger partial charge in [0.15, 0.2) is 0 Å². The number of hydrogen-bond donors (Lipinski definition) is 2. The highest BCUT2D eigenvalue weighted by atomic mass is 35.5. The molecule has 252 valence electrons. The second kappa shape index (κ2) is 16.9. The Balaban J connectivity index is 1.90. The molecule has 4 unspecified atom stereocenters. The molecular weight excluding hydrogens is 619 g/mol. The Morgan fingerprint density at radius 3 is 2.28 bits per heavy atom. The number of benzene rings is 2. The topological polar surface area (TPSA) is 84.9 Å². The van der Waals surface area contributed by atoms with E-state index in [1.165, 1.54) is 30.7 Å². The van der Waals surface area contributed by atoms with Crippen molar-refractivity contribution in [3.8, 4) is 11.5 Å². The van der Waals surface area contributed by atoms with Crippen LogP contribution in [0.3, 0.4) is 0 Å². The molecule has 1 aliphatic rings. The van der Waals surface area contributed by atoms with Crippen LogP contribution in [0, 0.1) is 17.3 Å². The first-order valence-corrected chi connectivity index (χ1v) is 16.2. The van der Waals surface area contributed by atoms with Crippen LogP contribution >= 0.6 is 11.6 Å². The van der Waals surface area contributed by atoms with Gasteiger partial charge in [0.05, 0.1) is 18.4 Å². The second-order valence-corrected chi connectivity index (χ2v) is 13.0. The summed E-state index contributed by atoms with van der Waals surface area (Å²) in [6.45, 7) is 8.83. The average molecular weight is 664 g/mol. The fourth-order valence-electron chi connectivity index (χ4n) is 5.67. The number of alkyl halides is 4. The van der Waals surface area contributed by atoms with Crippen LogP contribution in [0.4, 0.5) is 13.2 Å². The minimum atomic E-state index is -4.78. The van der Waals surface area contributed by atoms with Gasteiger partial charge in [-0.25, -0.2) is 0 Å². The molecule has 0 heterocycles. The molecule has 0 aromatic heterocycles. The molecule has 6 nitrogen and oxygen atoms in total. The summed E-state index contributed by atoms with van der Waals surface area (Å²) in [5.41, 5.74) is 2.83. The van der Waals surface area contributed by atoms with Crippen molar-refractivity contribution in [2.24, 2.45) is 17.3 Å². The third kappa shape index (κ3) is 12.0. The molecule has 0 aliphatic heterocycles. The summed E-state index contributed by atoms with van der Waals surface area (Å²) in [5, 5.41) is 11.4. The lowest BCUT2D eigenvalue weighted by Crippen LogP contribution is -2.26. The maximum atomic E-state index is 12.7. The van der Waals surface area contributed by atoms with Crippen LogP contribution in [0.2, 0.25) is 0 Å². The lowest BCUT2D eigenvalue weighted by atomic mass is 9.77. The zero-order chi connectivity index (χ0) is 33.9. The van der Waals surface area contributed by atoms with Gasteiger partial charge in [0.1, 0.15) is 11.5 Å². The third-order valence-electron chi connectivity index (χ3n) is 8.63. The van der Waals surface area contributed by atoms with Crippen LogP contribution in [-0.4, -0.2) is 41.9 Å². The lowest BCUT2D eigenvalue weighted by molar-refractivity contribution is -0.274. The number of hydrogen-bond acceptors (Lipinski definition) is 4. The SMILES string of the molecule is CC=C(C=CC(Cl)CC)C(COc1ccc(OC(F)(F)F)cc1)C(CCCC1CC1(C)C)c1ccc(C(=O)NCCC(=O)O)cc1. The van der Waals surface area contributed by atoms with Crippen molar-refractivity contribution in [1.29, 1.82) is 0 Å². The van der Waals surface area contributed by atoms with E-state index in [1.807, 2.05) is 44.2 Å². The molecule has 46 heavy (non-hydrogen) atoms. The predicted octanol–water partition coefficient (Wildman–Crippen LogP) is 9.30. The first-order valence-electron chi connectivity index (χ1n) is 15.8. The van der Waals surface area contributed by atoms with Crippen molar-refractivity contribution >= 4 is 23.5 Å². The van der Waals surface area contributed by atoms with Crippen molar-refractivity contribution in [3.05, 3.63) is 83.5 Å². The van der Waals surface area contributed by atoms with Crippen LogP contribution < -0.4 is 14.8 Å². The monoisotopic (exact) mass is 663 g/mol. The van der Waals surface area contributed by atoms with Gasteiger partial charge in [-0.3, -0.25) is 9.59 Å². The number of carboxylic acids is 1. The number of nitrogens with one attached hydrogen (secondary N) is 1. The zero-order valence-corrected chi connectivity index (χ0v) is 27.7. The Morgan fingerprint density at radius 2 is 1.74 bits per heavy atom. The maximum absolute atomic E-state index is 12.7.